The molecular weight excluding hydrogens is 354 g/mol. The first-order valence-corrected chi connectivity index (χ1v) is 8.30. The van der Waals surface area contributed by atoms with Gasteiger partial charge in [0.05, 0.1) is 22.6 Å². The van der Waals surface area contributed by atoms with Gasteiger partial charge in [0.15, 0.2) is 10.2 Å². The smallest absolute Gasteiger partial charge is 0.191 e. The first-order valence-electron chi connectivity index (χ1n) is 7.48. The number of para-hydroxylation sites is 1. The lowest BCUT2D eigenvalue weighted by Crippen LogP contribution is -2.30. The van der Waals surface area contributed by atoms with Crippen LogP contribution in [0.4, 0.5) is 5.69 Å². The second-order valence-electron chi connectivity index (χ2n) is 5.03. The van der Waals surface area contributed by atoms with E-state index < -0.39 is 0 Å². The molecule has 1 aromatic heterocycles. The van der Waals surface area contributed by atoms with Crippen LogP contribution in [0.1, 0.15) is 13.8 Å². The fourth-order valence-corrected chi connectivity index (χ4v) is 2.04. The van der Waals surface area contributed by atoms with Crippen LogP contribution in [0.15, 0.2) is 46.7 Å². The van der Waals surface area contributed by atoms with Gasteiger partial charge in [0.1, 0.15) is 0 Å². The van der Waals surface area contributed by atoms with Gasteiger partial charge in [0.2, 0.25) is 0 Å². The highest BCUT2D eigenvalue weighted by atomic mass is 32.1. The lowest BCUT2D eigenvalue weighted by molar-refractivity contribution is 0.974. The normalized spacial score (nSPS) is 11.8. The van der Waals surface area contributed by atoms with Crippen LogP contribution in [0.3, 0.4) is 0 Å². The molecule has 0 aliphatic rings. The summed E-state index contributed by atoms with van der Waals surface area (Å²) in [5.74, 6) is 0. The molecule has 0 aliphatic heterocycles. The van der Waals surface area contributed by atoms with E-state index in [1.807, 2.05) is 44.2 Å². The fourth-order valence-electron chi connectivity index (χ4n) is 1.84. The van der Waals surface area contributed by atoms with Gasteiger partial charge in [-0.2, -0.15) is 10.2 Å². The molecule has 0 fully saturated rings. The van der Waals surface area contributed by atoms with E-state index in [4.69, 9.17) is 24.4 Å². The summed E-state index contributed by atoms with van der Waals surface area (Å²) in [6, 6.07) is 9.74. The standard InChI is InChI=1S/C16H19N7S2/c1-10(20-22-15(24)17-3)11(2)21-23-16(25)19-13-8-4-6-12-7-5-9-18-14(12)13/h4-9H,1-3H3,(H2,17,22,24)(H2,19,23,25)/b20-10+,21-11-. The van der Waals surface area contributed by atoms with Crippen LogP contribution in [-0.2, 0) is 0 Å². The number of thiocarbonyl (C=S) groups is 2. The average Bonchev–Trinajstić information content (AvgIpc) is 2.64. The second-order valence-corrected chi connectivity index (χ2v) is 5.85. The second kappa shape index (κ2) is 9.00. The molecule has 0 saturated heterocycles. The quantitative estimate of drug-likeness (QED) is 0.372. The van der Waals surface area contributed by atoms with Crippen molar-refractivity contribution in [3.05, 3.63) is 36.5 Å². The zero-order chi connectivity index (χ0) is 18.2. The molecule has 2 aromatic rings. The Morgan fingerprint density at radius 2 is 1.60 bits per heavy atom. The van der Waals surface area contributed by atoms with Gasteiger partial charge in [0.25, 0.3) is 0 Å². The highest BCUT2D eigenvalue weighted by Crippen LogP contribution is 2.20. The molecule has 7 nitrogen and oxygen atoms in total. The van der Waals surface area contributed by atoms with E-state index in [1.54, 1.807) is 13.2 Å². The summed E-state index contributed by atoms with van der Waals surface area (Å²) < 4.78 is 0. The predicted octanol–water partition coefficient (Wildman–Crippen LogP) is 2.37. The van der Waals surface area contributed by atoms with Crippen molar-refractivity contribution in [2.45, 2.75) is 13.8 Å². The number of fused-ring (bicyclic) bond motifs is 1. The van der Waals surface area contributed by atoms with Crippen LogP contribution in [0.5, 0.6) is 0 Å². The Kier molecular flexibility index (Phi) is 6.72. The van der Waals surface area contributed by atoms with Gasteiger partial charge >= 0.3 is 0 Å². The number of pyridine rings is 1. The Balaban J connectivity index is 2.01. The third-order valence-corrected chi connectivity index (χ3v) is 3.77. The molecule has 1 heterocycles. The van der Waals surface area contributed by atoms with Gasteiger partial charge in [-0.15, -0.1) is 0 Å². The maximum atomic E-state index is 5.29. The van der Waals surface area contributed by atoms with Crippen molar-refractivity contribution in [3.63, 3.8) is 0 Å². The molecule has 0 spiro atoms. The zero-order valence-corrected chi connectivity index (χ0v) is 15.8. The van der Waals surface area contributed by atoms with Gasteiger partial charge in [-0.05, 0) is 50.4 Å². The van der Waals surface area contributed by atoms with Crippen molar-refractivity contribution >= 4 is 62.7 Å². The average molecular weight is 374 g/mol. The maximum Gasteiger partial charge on any atom is 0.191 e. The summed E-state index contributed by atoms with van der Waals surface area (Å²) in [6.45, 7) is 3.63. The highest BCUT2D eigenvalue weighted by molar-refractivity contribution is 7.80. The minimum absolute atomic E-state index is 0.365. The number of hydrogen-bond acceptors (Lipinski definition) is 5. The summed E-state index contributed by atoms with van der Waals surface area (Å²) in [4.78, 5) is 4.38. The minimum Gasteiger partial charge on any atom is -0.364 e. The lowest BCUT2D eigenvalue weighted by Gasteiger charge is -2.10. The largest absolute Gasteiger partial charge is 0.364 e. The molecule has 2 rings (SSSR count). The van der Waals surface area contributed by atoms with Crippen molar-refractivity contribution in [2.24, 2.45) is 10.2 Å². The number of benzene rings is 1. The molecule has 0 radical (unpaired) electrons. The maximum absolute atomic E-state index is 5.29. The minimum atomic E-state index is 0.365. The molecule has 0 aliphatic carbocycles. The Bertz CT molecular complexity index is 840. The van der Waals surface area contributed by atoms with Crippen LogP contribution < -0.4 is 21.5 Å². The van der Waals surface area contributed by atoms with Crippen LogP contribution in [0, 0.1) is 0 Å². The summed E-state index contributed by atoms with van der Waals surface area (Å²) >= 11 is 10.2. The van der Waals surface area contributed by atoms with E-state index in [1.165, 1.54) is 0 Å². The molecule has 25 heavy (non-hydrogen) atoms. The summed E-state index contributed by atoms with van der Waals surface area (Å²) in [5, 5.41) is 16.0. The van der Waals surface area contributed by atoms with Crippen molar-refractivity contribution < 1.29 is 0 Å². The van der Waals surface area contributed by atoms with Crippen LogP contribution in [0.2, 0.25) is 0 Å². The van der Waals surface area contributed by atoms with E-state index in [-0.39, 0.29) is 0 Å². The van der Waals surface area contributed by atoms with E-state index in [0.29, 0.717) is 21.6 Å². The SMILES string of the molecule is CNC(=S)N/N=C(C)/C(C)=N\NC(=S)Nc1cccc2cccnc12. The highest BCUT2D eigenvalue weighted by Gasteiger charge is 2.04. The summed E-state index contributed by atoms with van der Waals surface area (Å²) in [6.07, 6.45) is 1.74. The number of rotatable bonds is 4. The van der Waals surface area contributed by atoms with Crippen LogP contribution in [-0.4, -0.2) is 33.7 Å². The number of hydrazone groups is 2. The Morgan fingerprint density at radius 1 is 0.960 bits per heavy atom. The van der Waals surface area contributed by atoms with Crippen molar-refractivity contribution in [3.8, 4) is 0 Å². The molecule has 0 saturated carbocycles. The molecule has 9 heteroatoms. The third kappa shape index (κ3) is 5.44. The van der Waals surface area contributed by atoms with Crippen LogP contribution >= 0.6 is 24.4 Å². The molecule has 0 bridgehead atoms. The molecule has 0 atom stereocenters. The zero-order valence-electron chi connectivity index (χ0n) is 14.1. The van der Waals surface area contributed by atoms with E-state index in [0.717, 1.165) is 16.6 Å². The molecule has 1 aromatic carbocycles. The topological polar surface area (TPSA) is 85.7 Å². The third-order valence-electron chi connectivity index (χ3n) is 3.28. The van der Waals surface area contributed by atoms with Gasteiger partial charge in [-0.25, -0.2) is 0 Å². The monoisotopic (exact) mass is 373 g/mol. The number of aromatic nitrogens is 1. The summed E-state index contributed by atoms with van der Waals surface area (Å²) in [5.41, 5.74) is 8.52. The molecule has 4 N–H and O–H groups in total. The first-order chi connectivity index (χ1) is 12.0. The van der Waals surface area contributed by atoms with Crippen LogP contribution in [0.25, 0.3) is 10.9 Å². The number of nitrogens with one attached hydrogen (secondary N) is 4. The van der Waals surface area contributed by atoms with E-state index in [2.05, 4.69) is 36.7 Å². The van der Waals surface area contributed by atoms with Crippen molar-refractivity contribution in [2.75, 3.05) is 12.4 Å². The Morgan fingerprint density at radius 3 is 2.28 bits per heavy atom. The van der Waals surface area contributed by atoms with Crippen molar-refractivity contribution in [1.29, 1.82) is 0 Å². The van der Waals surface area contributed by atoms with E-state index in [9.17, 15) is 0 Å². The predicted molar refractivity (Wildman–Crippen MR) is 112 cm³/mol. The van der Waals surface area contributed by atoms with Crippen molar-refractivity contribution in [1.82, 2.24) is 21.2 Å². The first kappa shape index (κ1) is 18.7. The van der Waals surface area contributed by atoms with Gasteiger partial charge < -0.3 is 10.6 Å². The van der Waals surface area contributed by atoms with Gasteiger partial charge in [-0.3, -0.25) is 15.8 Å². The summed E-state index contributed by atoms with van der Waals surface area (Å²) in [7, 11) is 1.72. The number of anilines is 1. The number of hydrogen-bond donors (Lipinski definition) is 4. The Hall–Kier alpha value is -2.65. The molecule has 130 valence electrons. The molecule has 0 amide bonds. The lowest BCUT2D eigenvalue weighted by atomic mass is 10.2. The number of nitrogens with zero attached hydrogens (tertiary/aromatic N) is 3. The fraction of sp³-hybridized carbons (Fsp3) is 0.188. The van der Waals surface area contributed by atoms with Gasteiger partial charge in [0, 0.05) is 18.6 Å². The Labute approximate surface area is 157 Å². The molecular formula is C16H19N7S2. The van der Waals surface area contributed by atoms with Gasteiger partial charge in [-0.1, -0.05) is 18.2 Å². The molecule has 0 unspecified atom stereocenters. The van der Waals surface area contributed by atoms with E-state index >= 15 is 0 Å².